The average Bonchev–Trinajstić information content (AvgIpc) is 3.20. The number of likely N-dealkylation sites (tertiary alicyclic amines) is 1. The highest BCUT2D eigenvalue weighted by molar-refractivity contribution is 5.81. The maximum atomic E-state index is 12.1. The number of amides is 1. The number of para-hydroxylation sites is 1. The van der Waals surface area contributed by atoms with E-state index in [2.05, 4.69) is 15.6 Å². The van der Waals surface area contributed by atoms with E-state index in [1.165, 1.54) is 0 Å². The Bertz CT molecular complexity index is 819. The molecule has 1 unspecified atom stereocenters. The highest BCUT2D eigenvalue weighted by Gasteiger charge is 2.27. The molecule has 2 aromatic rings. The Labute approximate surface area is 173 Å². The number of ether oxygens (including phenoxy) is 1. The predicted octanol–water partition coefficient (Wildman–Crippen LogP) is 3.40. The van der Waals surface area contributed by atoms with E-state index in [0.717, 1.165) is 42.5 Å². The molecule has 6 heteroatoms. The highest BCUT2D eigenvalue weighted by atomic mass is 16.5. The summed E-state index contributed by atoms with van der Waals surface area (Å²) in [6.45, 7) is 6.07. The van der Waals surface area contributed by atoms with Crippen LogP contribution in [0.1, 0.15) is 25.8 Å². The summed E-state index contributed by atoms with van der Waals surface area (Å²) in [6, 6.07) is 18.0. The zero-order chi connectivity index (χ0) is 20.6. The van der Waals surface area contributed by atoms with Crippen molar-refractivity contribution in [2.75, 3.05) is 20.1 Å². The van der Waals surface area contributed by atoms with Crippen LogP contribution in [0, 0.1) is 5.92 Å². The van der Waals surface area contributed by atoms with Gasteiger partial charge in [-0.05, 0) is 36.2 Å². The second kappa shape index (κ2) is 9.96. The van der Waals surface area contributed by atoms with Gasteiger partial charge in [-0.2, -0.15) is 0 Å². The Morgan fingerprint density at radius 3 is 2.48 bits per heavy atom. The molecule has 0 saturated carbocycles. The monoisotopic (exact) mass is 394 g/mol. The summed E-state index contributed by atoms with van der Waals surface area (Å²) in [5.74, 6) is 2.64. The number of guanidine groups is 1. The number of nitrogens with one attached hydrogen (secondary N) is 2. The fraction of sp³-hybridized carbons (Fsp3) is 0.391. The molecule has 3 rings (SSSR count). The fourth-order valence-electron chi connectivity index (χ4n) is 3.32. The predicted molar refractivity (Wildman–Crippen MR) is 116 cm³/mol. The maximum absolute atomic E-state index is 12.1. The molecule has 1 aliphatic rings. The van der Waals surface area contributed by atoms with E-state index in [9.17, 15) is 4.79 Å². The van der Waals surface area contributed by atoms with Crippen molar-refractivity contribution in [3.05, 3.63) is 60.2 Å². The van der Waals surface area contributed by atoms with Crippen LogP contribution < -0.4 is 15.4 Å². The van der Waals surface area contributed by atoms with Crippen LogP contribution in [0.25, 0.3) is 0 Å². The van der Waals surface area contributed by atoms with Gasteiger partial charge in [0.15, 0.2) is 5.96 Å². The molecule has 1 atom stereocenters. The summed E-state index contributed by atoms with van der Waals surface area (Å²) < 4.78 is 5.83. The first-order valence-electron chi connectivity index (χ1n) is 10.1. The van der Waals surface area contributed by atoms with Crippen LogP contribution in [0.2, 0.25) is 0 Å². The van der Waals surface area contributed by atoms with Gasteiger partial charge in [0.25, 0.3) is 0 Å². The molecule has 154 valence electrons. The van der Waals surface area contributed by atoms with E-state index >= 15 is 0 Å². The van der Waals surface area contributed by atoms with Gasteiger partial charge in [-0.1, -0.05) is 44.2 Å². The highest BCUT2D eigenvalue weighted by Crippen LogP contribution is 2.21. The molecule has 6 nitrogen and oxygen atoms in total. The molecule has 2 N–H and O–H groups in total. The topological polar surface area (TPSA) is 66.0 Å². The third-order valence-corrected chi connectivity index (χ3v) is 4.92. The minimum Gasteiger partial charge on any atom is -0.457 e. The van der Waals surface area contributed by atoms with Crippen LogP contribution in [0.4, 0.5) is 0 Å². The summed E-state index contributed by atoms with van der Waals surface area (Å²) >= 11 is 0. The van der Waals surface area contributed by atoms with Crippen molar-refractivity contribution in [2.24, 2.45) is 10.9 Å². The molecule has 29 heavy (non-hydrogen) atoms. The summed E-state index contributed by atoms with van der Waals surface area (Å²) in [6.07, 6.45) is 0.935. The van der Waals surface area contributed by atoms with Crippen LogP contribution in [0.15, 0.2) is 59.6 Å². The Balaban J connectivity index is 1.46. The maximum Gasteiger partial charge on any atom is 0.225 e. The second-order valence-corrected chi connectivity index (χ2v) is 7.55. The largest absolute Gasteiger partial charge is 0.457 e. The summed E-state index contributed by atoms with van der Waals surface area (Å²) in [5.41, 5.74) is 1.14. The van der Waals surface area contributed by atoms with Crippen molar-refractivity contribution in [3.8, 4) is 11.5 Å². The van der Waals surface area contributed by atoms with Gasteiger partial charge in [-0.15, -0.1) is 0 Å². The molecular formula is C23H30N4O2. The van der Waals surface area contributed by atoms with E-state index in [1.54, 1.807) is 7.05 Å². The number of rotatable bonds is 6. The lowest BCUT2D eigenvalue weighted by Gasteiger charge is -2.20. The van der Waals surface area contributed by atoms with Crippen molar-refractivity contribution < 1.29 is 9.53 Å². The van der Waals surface area contributed by atoms with Gasteiger partial charge in [0.05, 0.1) is 0 Å². The molecule has 2 aromatic carbocycles. The normalized spacial score (nSPS) is 16.8. The third-order valence-electron chi connectivity index (χ3n) is 4.92. The zero-order valence-electron chi connectivity index (χ0n) is 17.4. The summed E-state index contributed by atoms with van der Waals surface area (Å²) in [4.78, 5) is 18.4. The number of aliphatic imine (C=N–C) groups is 1. The Kier molecular flexibility index (Phi) is 7.11. The molecule has 1 heterocycles. The second-order valence-electron chi connectivity index (χ2n) is 7.55. The van der Waals surface area contributed by atoms with Crippen molar-refractivity contribution in [3.63, 3.8) is 0 Å². The van der Waals surface area contributed by atoms with Gasteiger partial charge in [-0.25, -0.2) is 0 Å². The number of nitrogens with zero attached hydrogens (tertiary/aromatic N) is 2. The van der Waals surface area contributed by atoms with Gasteiger partial charge in [0.2, 0.25) is 5.91 Å². The lowest BCUT2D eigenvalue weighted by atomic mass is 10.2. The number of carbonyl (C=O) groups is 1. The van der Waals surface area contributed by atoms with Gasteiger partial charge >= 0.3 is 0 Å². The summed E-state index contributed by atoms with van der Waals surface area (Å²) in [7, 11) is 1.76. The Morgan fingerprint density at radius 2 is 1.83 bits per heavy atom. The Hall–Kier alpha value is -3.02. The molecule has 0 aromatic heterocycles. The fourth-order valence-corrected chi connectivity index (χ4v) is 3.32. The molecular weight excluding hydrogens is 364 g/mol. The van der Waals surface area contributed by atoms with Crippen molar-refractivity contribution in [2.45, 2.75) is 32.9 Å². The van der Waals surface area contributed by atoms with Crippen LogP contribution in [-0.4, -0.2) is 42.9 Å². The van der Waals surface area contributed by atoms with Crippen LogP contribution in [0.5, 0.6) is 11.5 Å². The number of hydrogen-bond acceptors (Lipinski definition) is 3. The summed E-state index contributed by atoms with van der Waals surface area (Å²) in [5, 5.41) is 6.77. The molecule has 1 amide bonds. The van der Waals surface area contributed by atoms with Crippen molar-refractivity contribution in [1.82, 2.24) is 15.5 Å². The Morgan fingerprint density at radius 1 is 1.14 bits per heavy atom. The molecule has 0 spiro atoms. The van der Waals surface area contributed by atoms with Gasteiger partial charge in [0, 0.05) is 38.6 Å². The van der Waals surface area contributed by atoms with Gasteiger partial charge < -0.3 is 20.3 Å². The quantitative estimate of drug-likeness (QED) is 0.582. The molecule has 0 radical (unpaired) electrons. The smallest absolute Gasteiger partial charge is 0.225 e. The first kappa shape index (κ1) is 20.7. The molecule has 1 saturated heterocycles. The minimum absolute atomic E-state index is 0.0417. The first-order valence-corrected chi connectivity index (χ1v) is 10.1. The van der Waals surface area contributed by atoms with E-state index in [1.807, 2.05) is 73.3 Å². The molecule has 0 bridgehead atoms. The van der Waals surface area contributed by atoms with E-state index in [-0.39, 0.29) is 17.9 Å². The van der Waals surface area contributed by atoms with E-state index in [0.29, 0.717) is 6.54 Å². The van der Waals surface area contributed by atoms with Crippen molar-refractivity contribution >= 4 is 11.9 Å². The lowest BCUT2D eigenvalue weighted by Crippen LogP contribution is -2.45. The standard InChI is InChI=1S/C23H30N4O2/c1-17(2)22(28)27-14-13-19(16-27)26-23(24-3)25-15-18-9-11-21(12-10-18)29-20-7-5-4-6-8-20/h4-12,17,19H,13-16H2,1-3H3,(H2,24,25,26). The molecule has 1 aliphatic heterocycles. The van der Waals surface area contributed by atoms with Crippen LogP contribution in [-0.2, 0) is 11.3 Å². The third kappa shape index (κ3) is 5.98. The zero-order valence-corrected chi connectivity index (χ0v) is 17.4. The minimum atomic E-state index is 0.0417. The van der Waals surface area contributed by atoms with Gasteiger partial charge in [0.1, 0.15) is 11.5 Å². The van der Waals surface area contributed by atoms with E-state index in [4.69, 9.17) is 4.74 Å². The van der Waals surface area contributed by atoms with Crippen LogP contribution in [0.3, 0.4) is 0 Å². The van der Waals surface area contributed by atoms with Gasteiger partial charge in [-0.3, -0.25) is 9.79 Å². The van der Waals surface area contributed by atoms with Crippen molar-refractivity contribution in [1.29, 1.82) is 0 Å². The SMILES string of the molecule is CN=C(NCc1ccc(Oc2ccccc2)cc1)NC1CCN(C(=O)C(C)C)C1. The molecule has 1 fully saturated rings. The van der Waals surface area contributed by atoms with Crippen LogP contribution >= 0.6 is 0 Å². The molecule has 0 aliphatic carbocycles. The number of hydrogen-bond donors (Lipinski definition) is 2. The number of benzene rings is 2. The first-order chi connectivity index (χ1) is 14.0. The average molecular weight is 395 g/mol. The van der Waals surface area contributed by atoms with E-state index < -0.39 is 0 Å². The lowest BCUT2D eigenvalue weighted by molar-refractivity contribution is -0.133. The number of carbonyl (C=O) groups excluding carboxylic acids is 1.